The van der Waals surface area contributed by atoms with Crippen LogP contribution < -0.4 is 4.90 Å². The van der Waals surface area contributed by atoms with Gasteiger partial charge in [0.25, 0.3) is 0 Å². The van der Waals surface area contributed by atoms with Crippen molar-refractivity contribution in [2.75, 3.05) is 11.4 Å². The van der Waals surface area contributed by atoms with Crippen LogP contribution in [0.1, 0.15) is 17.0 Å². The quantitative estimate of drug-likeness (QED) is 0.418. The Morgan fingerprint density at radius 1 is 1.13 bits per heavy atom. The molecule has 0 saturated heterocycles. The number of fused-ring (bicyclic) bond motifs is 2. The number of hydrogen-bond donors (Lipinski definition) is 2. The summed E-state index contributed by atoms with van der Waals surface area (Å²) in [6, 6.07) is 11.6. The van der Waals surface area contributed by atoms with E-state index in [0.29, 0.717) is 22.3 Å². The molecule has 2 N–H and O–H groups in total. The highest BCUT2D eigenvalue weighted by atomic mass is 35.5. The number of aromatic amines is 1. The fourth-order valence-corrected chi connectivity index (χ4v) is 4.25. The summed E-state index contributed by atoms with van der Waals surface area (Å²) < 4.78 is 0. The van der Waals surface area contributed by atoms with Crippen LogP contribution >= 0.6 is 23.2 Å². The summed E-state index contributed by atoms with van der Waals surface area (Å²) in [6.45, 7) is 4.94. The van der Waals surface area contributed by atoms with Crippen LogP contribution in [0, 0.1) is 0 Å². The molecule has 2 aromatic carbocycles. The van der Waals surface area contributed by atoms with E-state index in [2.05, 4.69) is 31.6 Å². The van der Waals surface area contributed by atoms with E-state index in [4.69, 9.17) is 23.2 Å². The Balaban J connectivity index is 1.66. The molecule has 30 heavy (non-hydrogen) atoms. The normalized spacial score (nSPS) is 13.5. The van der Waals surface area contributed by atoms with Crippen molar-refractivity contribution in [2.45, 2.75) is 13.0 Å². The summed E-state index contributed by atoms with van der Waals surface area (Å²) in [5, 5.41) is 19.1. The lowest BCUT2D eigenvalue weighted by atomic mass is 9.99. The first-order valence-electron chi connectivity index (χ1n) is 9.41. The zero-order chi connectivity index (χ0) is 20.8. The van der Waals surface area contributed by atoms with E-state index in [-0.39, 0.29) is 5.76 Å². The van der Waals surface area contributed by atoms with Crippen LogP contribution in [0.25, 0.3) is 27.8 Å². The fourth-order valence-electron chi connectivity index (χ4n) is 3.95. The number of nitrogens with one attached hydrogen (secondary N) is 1. The van der Waals surface area contributed by atoms with E-state index in [1.165, 1.54) is 0 Å². The number of anilines is 1. The largest absolute Gasteiger partial charge is 0.506 e. The molecule has 6 nitrogen and oxygen atoms in total. The summed E-state index contributed by atoms with van der Waals surface area (Å²) in [4.78, 5) is 11.3. The maximum absolute atomic E-state index is 9.89. The monoisotopic (exact) mass is 437 g/mol. The van der Waals surface area contributed by atoms with E-state index in [0.717, 1.165) is 52.1 Å². The van der Waals surface area contributed by atoms with Gasteiger partial charge in [-0.15, -0.1) is 0 Å². The van der Waals surface area contributed by atoms with Crippen molar-refractivity contribution >= 4 is 45.7 Å². The van der Waals surface area contributed by atoms with Gasteiger partial charge >= 0.3 is 0 Å². The summed E-state index contributed by atoms with van der Waals surface area (Å²) in [5.74, 6) is 0.779. The van der Waals surface area contributed by atoms with Gasteiger partial charge < -0.3 is 10.0 Å². The van der Waals surface area contributed by atoms with Gasteiger partial charge in [0.1, 0.15) is 23.6 Å². The summed E-state index contributed by atoms with van der Waals surface area (Å²) >= 11 is 12.4. The van der Waals surface area contributed by atoms with Crippen LogP contribution in [0.2, 0.25) is 10.0 Å². The number of aliphatic hydroxyl groups excluding tert-OH is 1. The van der Waals surface area contributed by atoms with E-state index >= 15 is 0 Å². The van der Waals surface area contributed by atoms with Crippen molar-refractivity contribution in [2.24, 2.45) is 0 Å². The molecule has 0 saturated carbocycles. The molecular formula is C22H17Cl2N5O. The number of aromatic nitrogens is 4. The highest BCUT2D eigenvalue weighted by Crippen LogP contribution is 2.37. The minimum atomic E-state index is -0.0432. The van der Waals surface area contributed by atoms with Crippen LogP contribution in [-0.4, -0.2) is 31.8 Å². The zero-order valence-corrected chi connectivity index (χ0v) is 17.4. The molecule has 0 amide bonds. The van der Waals surface area contributed by atoms with E-state index in [1.807, 2.05) is 30.3 Å². The van der Waals surface area contributed by atoms with Crippen LogP contribution in [0.15, 0.2) is 49.3 Å². The molecule has 0 bridgehead atoms. The highest BCUT2D eigenvalue weighted by Gasteiger charge is 2.26. The smallest absolute Gasteiger partial charge is 0.140 e. The van der Waals surface area contributed by atoms with Gasteiger partial charge in [-0.05, 0) is 29.3 Å². The second-order valence-corrected chi connectivity index (χ2v) is 7.99. The lowest BCUT2D eigenvalue weighted by Gasteiger charge is -2.29. The molecular weight excluding hydrogens is 421 g/mol. The number of benzene rings is 2. The lowest BCUT2D eigenvalue weighted by Crippen LogP contribution is -2.31. The Hall–Kier alpha value is -3.09. The standard InChI is InChI=1S/C22H17Cl2N5O/c1-12(30)21-15-10-29(8-7-18(15)27-28-21)22-20-14(3-2-4-19(20)25-11-26-22)13-5-6-16(23)17(24)9-13/h2-6,9,11,30H,1,7-8,10H2,(H,27,28). The second kappa shape index (κ2) is 7.31. The third-order valence-electron chi connectivity index (χ3n) is 5.38. The summed E-state index contributed by atoms with van der Waals surface area (Å²) in [5.41, 5.74) is 5.21. The average molecular weight is 438 g/mol. The Kier molecular flexibility index (Phi) is 4.60. The van der Waals surface area contributed by atoms with Gasteiger partial charge in [0, 0.05) is 30.8 Å². The van der Waals surface area contributed by atoms with Crippen LogP contribution in [0.3, 0.4) is 0 Å². The number of H-pyrrole nitrogens is 1. The van der Waals surface area contributed by atoms with E-state index < -0.39 is 0 Å². The van der Waals surface area contributed by atoms with E-state index in [9.17, 15) is 5.11 Å². The van der Waals surface area contributed by atoms with E-state index in [1.54, 1.807) is 12.4 Å². The molecule has 8 heteroatoms. The SMILES string of the molecule is C=C(O)c1n[nH]c2c1CN(c1ncnc3cccc(-c4ccc(Cl)c(Cl)c4)c13)CC2. The molecule has 150 valence electrons. The Morgan fingerprint density at radius 2 is 2.00 bits per heavy atom. The van der Waals surface area contributed by atoms with Crippen molar-refractivity contribution in [1.82, 2.24) is 20.2 Å². The predicted molar refractivity (Wildman–Crippen MR) is 120 cm³/mol. The third kappa shape index (κ3) is 3.09. The van der Waals surface area contributed by atoms with Gasteiger partial charge in [0.05, 0.1) is 20.9 Å². The summed E-state index contributed by atoms with van der Waals surface area (Å²) in [7, 11) is 0. The average Bonchev–Trinajstić information content (AvgIpc) is 3.18. The molecule has 4 aromatic rings. The highest BCUT2D eigenvalue weighted by molar-refractivity contribution is 6.42. The molecule has 5 rings (SSSR count). The minimum absolute atomic E-state index is 0.0432. The molecule has 1 aliphatic heterocycles. The molecule has 0 unspecified atom stereocenters. The lowest BCUT2D eigenvalue weighted by molar-refractivity contribution is 0.509. The number of rotatable bonds is 3. The van der Waals surface area contributed by atoms with Crippen molar-refractivity contribution in [1.29, 1.82) is 0 Å². The number of halogens is 2. The molecule has 0 fully saturated rings. The van der Waals surface area contributed by atoms with Crippen molar-refractivity contribution < 1.29 is 5.11 Å². The van der Waals surface area contributed by atoms with Crippen LogP contribution in [0.4, 0.5) is 5.82 Å². The van der Waals surface area contributed by atoms with Gasteiger partial charge in [-0.25, -0.2) is 9.97 Å². The number of hydrogen-bond acceptors (Lipinski definition) is 5. The molecule has 2 aromatic heterocycles. The first-order valence-corrected chi connectivity index (χ1v) is 10.2. The second-order valence-electron chi connectivity index (χ2n) is 7.17. The maximum Gasteiger partial charge on any atom is 0.140 e. The Labute approximate surface area is 182 Å². The van der Waals surface area contributed by atoms with Crippen molar-refractivity contribution in [3.8, 4) is 11.1 Å². The van der Waals surface area contributed by atoms with Crippen molar-refractivity contribution in [3.63, 3.8) is 0 Å². The molecule has 0 atom stereocenters. The molecule has 0 radical (unpaired) electrons. The zero-order valence-electron chi connectivity index (χ0n) is 15.9. The topological polar surface area (TPSA) is 77.9 Å². The Morgan fingerprint density at radius 3 is 2.80 bits per heavy atom. The van der Waals surface area contributed by atoms with Gasteiger partial charge in [0.15, 0.2) is 0 Å². The Bertz CT molecular complexity index is 1290. The number of nitrogens with zero attached hydrogens (tertiary/aromatic N) is 4. The van der Waals surface area contributed by atoms with Crippen LogP contribution in [-0.2, 0) is 13.0 Å². The molecule has 0 spiro atoms. The fraction of sp³-hybridized carbons (Fsp3) is 0.136. The maximum atomic E-state index is 9.89. The molecule has 3 heterocycles. The van der Waals surface area contributed by atoms with Crippen molar-refractivity contribution in [3.05, 3.63) is 76.3 Å². The first kappa shape index (κ1) is 18.9. The van der Waals surface area contributed by atoms with Crippen LogP contribution in [0.5, 0.6) is 0 Å². The minimum Gasteiger partial charge on any atom is -0.506 e. The van der Waals surface area contributed by atoms with Gasteiger partial charge in [0.2, 0.25) is 0 Å². The molecule has 1 aliphatic rings. The predicted octanol–water partition coefficient (Wildman–Crippen LogP) is 5.42. The number of aliphatic hydroxyl groups is 1. The first-order chi connectivity index (χ1) is 14.5. The molecule has 0 aliphatic carbocycles. The third-order valence-corrected chi connectivity index (χ3v) is 6.12. The van der Waals surface area contributed by atoms with Gasteiger partial charge in [-0.1, -0.05) is 48.0 Å². The van der Waals surface area contributed by atoms with Gasteiger partial charge in [-0.2, -0.15) is 5.10 Å². The summed E-state index contributed by atoms with van der Waals surface area (Å²) in [6.07, 6.45) is 2.34. The van der Waals surface area contributed by atoms with Gasteiger partial charge in [-0.3, -0.25) is 5.10 Å².